The van der Waals surface area contributed by atoms with E-state index in [1.165, 1.54) is 0 Å². The van der Waals surface area contributed by atoms with Gasteiger partial charge in [0.25, 0.3) is 0 Å². The standard InChI is InChI=1S/C9H14BrN3O/c1-2-13(4-3-5-14)9-11-6-8(10)7-12-9/h6-7,14H,2-5H2,1H3. The highest BCUT2D eigenvalue weighted by Crippen LogP contribution is 2.10. The maximum Gasteiger partial charge on any atom is 0.225 e. The van der Waals surface area contributed by atoms with Crippen LogP contribution in [0.5, 0.6) is 0 Å². The van der Waals surface area contributed by atoms with Crippen LogP contribution in [0.2, 0.25) is 0 Å². The number of aromatic nitrogens is 2. The van der Waals surface area contributed by atoms with Crippen LogP contribution in [0.15, 0.2) is 16.9 Å². The van der Waals surface area contributed by atoms with Gasteiger partial charge in [-0.2, -0.15) is 0 Å². The number of hydrogen-bond donors (Lipinski definition) is 1. The molecule has 1 heterocycles. The molecule has 0 aliphatic carbocycles. The number of rotatable bonds is 5. The molecule has 4 nitrogen and oxygen atoms in total. The van der Waals surface area contributed by atoms with Crippen molar-refractivity contribution >= 4 is 21.9 Å². The highest BCUT2D eigenvalue weighted by Gasteiger charge is 2.05. The summed E-state index contributed by atoms with van der Waals surface area (Å²) in [5.74, 6) is 0.712. The third kappa shape index (κ3) is 3.23. The average molecular weight is 260 g/mol. The van der Waals surface area contributed by atoms with E-state index in [1.807, 2.05) is 11.8 Å². The zero-order chi connectivity index (χ0) is 10.4. The lowest BCUT2D eigenvalue weighted by Crippen LogP contribution is -2.26. The Hall–Kier alpha value is -0.680. The summed E-state index contributed by atoms with van der Waals surface area (Å²) in [6.45, 7) is 3.88. The second-order valence-electron chi connectivity index (χ2n) is 2.86. The Morgan fingerprint density at radius 3 is 2.57 bits per heavy atom. The van der Waals surface area contributed by atoms with Crippen molar-refractivity contribution in [3.63, 3.8) is 0 Å². The number of hydrogen-bond acceptors (Lipinski definition) is 4. The van der Waals surface area contributed by atoms with Gasteiger partial charge in [0.2, 0.25) is 5.95 Å². The SMILES string of the molecule is CCN(CCCO)c1ncc(Br)cn1. The Labute approximate surface area is 92.1 Å². The number of anilines is 1. The molecule has 0 saturated carbocycles. The van der Waals surface area contributed by atoms with Gasteiger partial charge >= 0.3 is 0 Å². The quantitative estimate of drug-likeness (QED) is 0.870. The first-order valence-corrected chi connectivity index (χ1v) is 5.40. The van der Waals surface area contributed by atoms with Crippen molar-refractivity contribution in [2.45, 2.75) is 13.3 Å². The summed E-state index contributed by atoms with van der Waals surface area (Å²) in [6, 6.07) is 0. The fourth-order valence-corrected chi connectivity index (χ4v) is 1.33. The molecule has 0 saturated heterocycles. The smallest absolute Gasteiger partial charge is 0.225 e. The van der Waals surface area contributed by atoms with E-state index in [1.54, 1.807) is 12.4 Å². The maximum atomic E-state index is 8.73. The van der Waals surface area contributed by atoms with Crippen LogP contribution in [0.1, 0.15) is 13.3 Å². The molecular formula is C9H14BrN3O. The lowest BCUT2D eigenvalue weighted by molar-refractivity contribution is 0.289. The first-order valence-electron chi connectivity index (χ1n) is 4.61. The number of nitrogens with zero attached hydrogens (tertiary/aromatic N) is 3. The van der Waals surface area contributed by atoms with Gasteiger partial charge in [0.15, 0.2) is 0 Å². The molecule has 0 amide bonds. The van der Waals surface area contributed by atoms with Gasteiger partial charge in [-0.05, 0) is 29.3 Å². The van der Waals surface area contributed by atoms with Crippen molar-refractivity contribution in [3.8, 4) is 0 Å². The summed E-state index contributed by atoms with van der Waals surface area (Å²) in [5.41, 5.74) is 0. The van der Waals surface area contributed by atoms with Crippen LogP contribution in [0.3, 0.4) is 0 Å². The summed E-state index contributed by atoms with van der Waals surface area (Å²) in [4.78, 5) is 10.4. The first-order chi connectivity index (χ1) is 6.77. The lowest BCUT2D eigenvalue weighted by atomic mass is 10.4. The van der Waals surface area contributed by atoms with E-state index in [4.69, 9.17) is 5.11 Å². The topological polar surface area (TPSA) is 49.2 Å². The van der Waals surface area contributed by atoms with Gasteiger partial charge in [0.1, 0.15) is 0 Å². The molecule has 0 aliphatic heterocycles. The third-order valence-electron chi connectivity index (χ3n) is 1.86. The normalized spacial score (nSPS) is 10.2. The van der Waals surface area contributed by atoms with E-state index >= 15 is 0 Å². The monoisotopic (exact) mass is 259 g/mol. The van der Waals surface area contributed by atoms with Gasteiger partial charge in [-0.3, -0.25) is 0 Å². The van der Waals surface area contributed by atoms with Gasteiger partial charge in [0, 0.05) is 32.1 Å². The molecule has 0 bridgehead atoms. The van der Waals surface area contributed by atoms with E-state index in [9.17, 15) is 0 Å². The summed E-state index contributed by atoms with van der Waals surface area (Å²) in [7, 11) is 0. The van der Waals surface area contributed by atoms with Gasteiger partial charge in [0.05, 0.1) is 4.47 Å². The molecule has 78 valence electrons. The zero-order valence-corrected chi connectivity index (χ0v) is 9.74. The molecule has 0 atom stereocenters. The van der Waals surface area contributed by atoms with E-state index in [-0.39, 0.29) is 6.61 Å². The highest BCUT2D eigenvalue weighted by molar-refractivity contribution is 9.10. The van der Waals surface area contributed by atoms with E-state index in [2.05, 4.69) is 25.9 Å². The van der Waals surface area contributed by atoms with Crippen molar-refractivity contribution in [3.05, 3.63) is 16.9 Å². The molecular weight excluding hydrogens is 246 g/mol. The van der Waals surface area contributed by atoms with Crippen molar-refractivity contribution < 1.29 is 5.11 Å². The van der Waals surface area contributed by atoms with E-state index < -0.39 is 0 Å². The molecule has 0 spiro atoms. The van der Waals surface area contributed by atoms with Crippen molar-refractivity contribution in [2.75, 3.05) is 24.6 Å². The Kier molecular flexibility index (Phi) is 4.82. The highest BCUT2D eigenvalue weighted by atomic mass is 79.9. The first kappa shape index (κ1) is 11.4. The summed E-state index contributed by atoms with van der Waals surface area (Å²) in [5, 5.41) is 8.73. The summed E-state index contributed by atoms with van der Waals surface area (Å²) < 4.78 is 0.875. The van der Waals surface area contributed by atoms with Crippen LogP contribution >= 0.6 is 15.9 Å². The minimum Gasteiger partial charge on any atom is -0.396 e. The van der Waals surface area contributed by atoms with E-state index in [0.717, 1.165) is 24.0 Å². The Morgan fingerprint density at radius 2 is 2.07 bits per heavy atom. The number of aliphatic hydroxyl groups is 1. The third-order valence-corrected chi connectivity index (χ3v) is 2.27. The van der Waals surface area contributed by atoms with Crippen molar-refractivity contribution in [2.24, 2.45) is 0 Å². The Balaban J connectivity index is 2.64. The Morgan fingerprint density at radius 1 is 1.43 bits per heavy atom. The summed E-state index contributed by atoms with van der Waals surface area (Å²) >= 11 is 3.29. The maximum absolute atomic E-state index is 8.73. The van der Waals surface area contributed by atoms with Gasteiger partial charge < -0.3 is 10.0 Å². The average Bonchev–Trinajstić information content (AvgIpc) is 2.21. The molecule has 0 aromatic carbocycles. The summed E-state index contributed by atoms with van der Waals surface area (Å²) in [6.07, 6.45) is 4.20. The van der Waals surface area contributed by atoms with Crippen LogP contribution in [0, 0.1) is 0 Å². The molecule has 1 rings (SSSR count). The number of halogens is 1. The minimum absolute atomic E-state index is 0.201. The minimum atomic E-state index is 0.201. The van der Waals surface area contributed by atoms with Crippen molar-refractivity contribution in [1.82, 2.24) is 9.97 Å². The van der Waals surface area contributed by atoms with Crippen LogP contribution in [0.25, 0.3) is 0 Å². The van der Waals surface area contributed by atoms with Crippen LogP contribution in [-0.4, -0.2) is 34.8 Å². The van der Waals surface area contributed by atoms with Crippen molar-refractivity contribution in [1.29, 1.82) is 0 Å². The predicted octanol–water partition coefficient (Wildman–Crippen LogP) is 1.45. The molecule has 1 N–H and O–H groups in total. The van der Waals surface area contributed by atoms with E-state index in [0.29, 0.717) is 5.95 Å². The fourth-order valence-electron chi connectivity index (χ4n) is 1.13. The molecule has 14 heavy (non-hydrogen) atoms. The number of aliphatic hydroxyl groups excluding tert-OH is 1. The van der Waals surface area contributed by atoms with Gasteiger partial charge in [-0.1, -0.05) is 0 Å². The van der Waals surface area contributed by atoms with Gasteiger partial charge in [-0.15, -0.1) is 0 Å². The Bertz CT molecular complexity index is 265. The zero-order valence-electron chi connectivity index (χ0n) is 8.15. The molecule has 0 fully saturated rings. The molecule has 0 radical (unpaired) electrons. The molecule has 1 aromatic heterocycles. The second kappa shape index (κ2) is 5.93. The molecule has 1 aromatic rings. The second-order valence-corrected chi connectivity index (χ2v) is 3.77. The van der Waals surface area contributed by atoms with Crippen LogP contribution < -0.4 is 4.90 Å². The largest absolute Gasteiger partial charge is 0.396 e. The molecule has 0 aliphatic rings. The van der Waals surface area contributed by atoms with Crippen LogP contribution in [-0.2, 0) is 0 Å². The predicted molar refractivity (Wildman–Crippen MR) is 59.3 cm³/mol. The molecule has 5 heteroatoms. The lowest BCUT2D eigenvalue weighted by Gasteiger charge is -2.19. The van der Waals surface area contributed by atoms with Crippen LogP contribution in [0.4, 0.5) is 5.95 Å². The fraction of sp³-hybridized carbons (Fsp3) is 0.556. The molecule has 0 unspecified atom stereocenters. The van der Waals surface area contributed by atoms with Gasteiger partial charge in [-0.25, -0.2) is 9.97 Å².